The van der Waals surface area contributed by atoms with Crippen LogP contribution in [0.5, 0.6) is 0 Å². The largest absolute Gasteiger partial charge is 0.271 e. The van der Waals surface area contributed by atoms with E-state index in [2.05, 4.69) is 10.3 Å². The van der Waals surface area contributed by atoms with Crippen LogP contribution in [-0.4, -0.2) is 23.9 Å². The molecule has 0 aromatic heterocycles. The summed E-state index contributed by atoms with van der Waals surface area (Å²) < 4.78 is 0. The van der Waals surface area contributed by atoms with Crippen LogP contribution in [0.3, 0.4) is 0 Å². The Kier molecular flexibility index (Phi) is 2.97. The van der Waals surface area contributed by atoms with Crippen LogP contribution in [0.15, 0.2) is 64.9 Å². The summed E-state index contributed by atoms with van der Waals surface area (Å²) in [5.74, 6) is -0.611. The van der Waals surface area contributed by atoms with Gasteiger partial charge in [-0.3, -0.25) is 9.59 Å². The Balaban J connectivity index is 1.74. The van der Waals surface area contributed by atoms with Crippen molar-refractivity contribution in [3.05, 3.63) is 60.2 Å². The molecular weight excluding hydrogens is 292 g/mol. The number of nitrogens with zero attached hydrogens (tertiary/aromatic N) is 4. The molecular formula is C17H14N4O2. The second-order valence-corrected chi connectivity index (χ2v) is 5.57. The molecule has 2 aliphatic heterocycles. The van der Waals surface area contributed by atoms with Gasteiger partial charge in [-0.2, -0.15) is 5.11 Å². The van der Waals surface area contributed by atoms with Crippen LogP contribution >= 0.6 is 0 Å². The van der Waals surface area contributed by atoms with Crippen LogP contribution in [0.2, 0.25) is 0 Å². The molecule has 0 spiro atoms. The smallest absolute Gasteiger partial charge is 0.263 e. The van der Waals surface area contributed by atoms with Crippen molar-refractivity contribution in [3.63, 3.8) is 0 Å². The Morgan fingerprint density at radius 2 is 1.61 bits per heavy atom. The molecule has 2 amide bonds. The first-order chi connectivity index (χ1) is 11.2. The first-order valence-electron chi connectivity index (χ1n) is 7.37. The lowest BCUT2D eigenvalue weighted by Crippen LogP contribution is -2.40. The molecule has 1 fully saturated rings. The van der Waals surface area contributed by atoms with Gasteiger partial charge in [0.15, 0.2) is 12.1 Å². The predicted molar refractivity (Wildman–Crippen MR) is 85.0 cm³/mol. The number of carbonyl (C=O) groups is 2. The molecule has 2 atom stereocenters. The summed E-state index contributed by atoms with van der Waals surface area (Å²) in [5.41, 5.74) is 2.23. The number of hydrogen-bond donors (Lipinski definition) is 0. The lowest BCUT2D eigenvalue weighted by atomic mass is 10.1. The molecule has 0 unspecified atom stereocenters. The fourth-order valence-electron chi connectivity index (χ4n) is 3.01. The molecule has 2 aromatic rings. The van der Waals surface area contributed by atoms with Crippen LogP contribution in [0.4, 0.5) is 11.4 Å². The number of para-hydroxylation sites is 2. The van der Waals surface area contributed by atoms with E-state index in [4.69, 9.17) is 0 Å². The van der Waals surface area contributed by atoms with Crippen LogP contribution in [0, 0.1) is 6.92 Å². The molecule has 6 nitrogen and oxygen atoms in total. The minimum atomic E-state index is -0.776. The van der Waals surface area contributed by atoms with Crippen LogP contribution in [0.1, 0.15) is 5.56 Å². The third kappa shape index (κ3) is 1.95. The van der Waals surface area contributed by atoms with Crippen molar-refractivity contribution in [1.29, 1.82) is 0 Å². The van der Waals surface area contributed by atoms with Crippen molar-refractivity contribution in [2.45, 2.75) is 19.0 Å². The van der Waals surface area contributed by atoms with E-state index < -0.39 is 12.1 Å². The number of rotatable bonds is 2. The highest BCUT2D eigenvalue weighted by Gasteiger charge is 2.55. The molecule has 2 aliphatic rings. The Hall–Kier alpha value is -3.02. The average Bonchev–Trinajstić information content (AvgIpc) is 3.11. The number of benzene rings is 2. The molecule has 114 valence electrons. The highest BCUT2D eigenvalue weighted by atomic mass is 16.2. The maximum atomic E-state index is 12.9. The highest BCUT2D eigenvalue weighted by molar-refractivity contribution is 6.26. The quantitative estimate of drug-likeness (QED) is 0.801. The number of hydrogen-bond acceptors (Lipinski definition) is 5. The summed E-state index contributed by atoms with van der Waals surface area (Å²) in [5, 5.41) is 9.59. The van der Waals surface area contributed by atoms with Crippen LogP contribution in [0.25, 0.3) is 0 Å². The molecule has 2 heterocycles. The number of carbonyl (C=O) groups excluding carboxylic acids is 2. The van der Waals surface area contributed by atoms with E-state index in [1.54, 1.807) is 6.07 Å². The highest BCUT2D eigenvalue weighted by Crippen LogP contribution is 2.35. The second-order valence-electron chi connectivity index (χ2n) is 5.57. The van der Waals surface area contributed by atoms with Gasteiger partial charge in [0.25, 0.3) is 11.8 Å². The fourth-order valence-corrected chi connectivity index (χ4v) is 3.01. The number of aryl methyl sites for hydroxylation is 1. The van der Waals surface area contributed by atoms with E-state index in [1.165, 1.54) is 9.91 Å². The lowest BCUT2D eigenvalue weighted by molar-refractivity contribution is -0.121. The van der Waals surface area contributed by atoms with Gasteiger partial charge in [-0.15, -0.1) is 0 Å². The summed E-state index contributed by atoms with van der Waals surface area (Å²) >= 11 is 0. The van der Waals surface area contributed by atoms with E-state index in [0.29, 0.717) is 5.69 Å². The predicted octanol–water partition coefficient (Wildman–Crippen LogP) is 2.49. The van der Waals surface area contributed by atoms with Crippen molar-refractivity contribution in [2.75, 3.05) is 9.91 Å². The SMILES string of the molecule is Cc1ccccc1N1C(=O)[C@H]2N=NN(c3ccccc3)[C@@H]2C1=O. The molecule has 0 aliphatic carbocycles. The zero-order valence-corrected chi connectivity index (χ0v) is 12.5. The van der Waals surface area contributed by atoms with Crippen molar-refractivity contribution >= 4 is 23.2 Å². The van der Waals surface area contributed by atoms with Gasteiger partial charge in [0.2, 0.25) is 0 Å². The second kappa shape index (κ2) is 5.01. The molecule has 0 N–H and O–H groups in total. The number of imide groups is 1. The Labute approximate surface area is 133 Å². The van der Waals surface area contributed by atoms with Gasteiger partial charge in [0.1, 0.15) is 0 Å². The zero-order chi connectivity index (χ0) is 16.0. The van der Waals surface area contributed by atoms with Crippen LogP contribution < -0.4 is 9.91 Å². The van der Waals surface area contributed by atoms with E-state index in [0.717, 1.165) is 11.3 Å². The number of fused-ring (bicyclic) bond motifs is 1. The standard InChI is InChI=1S/C17H14N4O2/c1-11-7-5-6-10-13(11)20-16(22)14-15(17(20)23)21(19-18-14)12-8-3-2-4-9-12/h2-10,14-15H,1H3/t14-,15-/m0/s1. The third-order valence-electron chi connectivity index (χ3n) is 4.16. The van der Waals surface area contributed by atoms with E-state index in [9.17, 15) is 9.59 Å². The summed E-state index contributed by atoms with van der Waals surface area (Å²) in [4.78, 5) is 26.8. The number of amides is 2. The van der Waals surface area contributed by atoms with E-state index in [-0.39, 0.29) is 11.8 Å². The molecule has 0 saturated carbocycles. The lowest BCUT2D eigenvalue weighted by Gasteiger charge is -2.21. The van der Waals surface area contributed by atoms with Gasteiger partial charge in [0, 0.05) is 0 Å². The van der Waals surface area contributed by atoms with Gasteiger partial charge >= 0.3 is 0 Å². The minimum absolute atomic E-state index is 0.289. The van der Waals surface area contributed by atoms with Crippen molar-refractivity contribution in [3.8, 4) is 0 Å². The van der Waals surface area contributed by atoms with Gasteiger partial charge in [-0.1, -0.05) is 41.6 Å². The molecule has 1 saturated heterocycles. The van der Waals surface area contributed by atoms with Gasteiger partial charge in [-0.05, 0) is 30.7 Å². The van der Waals surface area contributed by atoms with Crippen molar-refractivity contribution < 1.29 is 9.59 Å². The Morgan fingerprint density at radius 3 is 2.35 bits per heavy atom. The normalized spacial score (nSPS) is 22.8. The summed E-state index contributed by atoms with van der Waals surface area (Å²) in [6.45, 7) is 1.88. The molecule has 2 aromatic carbocycles. The van der Waals surface area contributed by atoms with Crippen molar-refractivity contribution in [1.82, 2.24) is 0 Å². The molecule has 6 heteroatoms. The van der Waals surface area contributed by atoms with E-state index in [1.807, 2.05) is 55.5 Å². The molecule has 23 heavy (non-hydrogen) atoms. The molecule has 4 rings (SSSR count). The van der Waals surface area contributed by atoms with Gasteiger partial charge in [0.05, 0.1) is 11.4 Å². The first-order valence-corrected chi connectivity index (χ1v) is 7.37. The minimum Gasteiger partial charge on any atom is -0.271 e. The fraction of sp³-hybridized carbons (Fsp3) is 0.176. The summed E-state index contributed by atoms with van der Waals surface area (Å²) in [6.07, 6.45) is 0. The maximum Gasteiger partial charge on any atom is 0.263 e. The third-order valence-corrected chi connectivity index (χ3v) is 4.16. The summed E-state index contributed by atoms with van der Waals surface area (Å²) in [7, 11) is 0. The monoisotopic (exact) mass is 306 g/mol. The van der Waals surface area contributed by atoms with Gasteiger partial charge < -0.3 is 0 Å². The Bertz CT molecular complexity index is 818. The van der Waals surface area contributed by atoms with E-state index >= 15 is 0 Å². The molecule has 0 radical (unpaired) electrons. The molecule has 0 bridgehead atoms. The summed E-state index contributed by atoms with van der Waals surface area (Å²) in [6, 6.07) is 15.1. The van der Waals surface area contributed by atoms with Crippen LogP contribution in [-0.2, 0) is 9.59 Å². The van der Waals surface area contributed by atoms with Crippen molar-refractivity contribution in [2.24, 2.45) is 10.3 Å². The number of anilines is 2. The van der Waals surface area contributed by atoms with Gasteiger partial charge in [-0.25, -0.2) is 9.91 Å². The average molecular weight is 306 g/mol. The Morgan fingerprint density at radius 1 is 0.913 bits per heavy atom. The topological polar surface area (TPSA) is 65.3 Å². The first kappa shape index (κ1) is 13.6. The maximum absolute atomic E-state index is 12.9. The zero-order valence-electron chi connectivity index (χ0n) is 12.5.